The minimum atomic E-state index is -0.443. The molecule has 1 heterocycles. The number of rotatable bonds is 6. The Morgan fingerprint density at radius 3 is 2.38 bits per heavy atom. The van der Waals surface area contributed by atoms with Crippen LogP contribution >= 0.6 is 11.3 Å². The van der Waals surface area contributed by atoms with Crippen LogP contribution < -0.4 is 5.32 Å². The van der Waals surface area contributed by atoms with Gasteiger partial charge in [0.05, 0.1) is 23.3 Å². The Bertz CT molecular complexity index is 497. The summed E-state index contributed by atoms with van der Waals surface area (Å²) in [7, 11) is 1.71. The molecule has 0 fully saturated rings. The predicted molar refractivity (Wildman–Crippen MR) is 85.5 cm³/mol. The molecule has 0 aliphatic heterocycles. The fourth-order valence-electron chi connectivity index (χ4n) is 1.96. The first-order valence-electron chi connectivity index (χ1n) is 7.18. The molecule has 5 nitrogen and oxygen atoms in total. The maximum atomic E-state index is 12.1. The Kier molecular flexibility index (Phi) is 6.33. The summed E-state index contributed by atoms with van der Waals surface area (Å²) in [5.74, 6) is 0.445. The van der Waals surface area contributed by atoms with Crippen LogP contribution in [0, 0.1) is 5.92 Å². The molecule has 0 unspecified atom stereocenters. The Morgan fingerprint density at radius 2 is 1.95 bits per heavy atom. The first-order valence-corrected chi connectivity index (χ1v) is 8.06. The fraction of sp³-hybridized carbons (Fsp3) is 0.667. The van der Waals surface area contributed by atoms with Crippen LogP contribution in [0.2, 0.25) is 0 Å². The summed E-state index contributed by atoms with van der Waals surface area (Å²) in [6, 6.07) is -0.690. The van der Waals surface area contributed by atoms with Crippen molar-refractivity contribution in [1.82, 2.24) is 15.2 Å². The summed E-state index contributed by atoms with van der Waals surface area (Å²) < 4.78 is 0. The zero-order valence-electron chi connectivity index (χ0n) is 13.6. The van der Waals surface area contributed by atoms with Gasteiger partial charge in [-0.3, -0.25) is 4.79 Å². The number of nitrogens with zero attached hydrogens (tertiary/aromatic N) is 2. The molecule has 21 heavy (non-hydrogen) atoms. The number of aromatic nitrogens is 1. The first kappa shape index (κ1) is 17.6. The van der Waals surface area contributed by atoms with Gasteiger partial charge in [0, 0.05) is 18.3 Å². The second kappa shape index (κ2) is 7.54. The van der Waals surface area contributed by atoms with Crippen molar-refractivity contribution >= 4 is 23.2 Å². The van der Waals surface area contributed by atoms with E-state index >= 15 is 0 Å². The lowest BCUT2D eigenvalue weighted by Gasteiger charge is -2.23. The molecular weight excluding hydrogens is 286 g/mol. The minimum absolute atomic E-state index is 0.0255. The van der Waals surface area contributed by atoms with Gasteiger partial charge in [0.15, 0.2) is 5.78 Å². The number of thiazole rings is 1. The number of carbonyl (C=O) groups excluding carboxylic acids is 2. The molecule has 0 radical (unpaired) electrons. The summed E-state index contributed by atoms with van der Waals surface area (Å²) >= 11 is 1.61. The molecule has 6 heteroatoms. The van der Waals surface area contributed by atoms with Gasteiger partial charge in [-0.15, -0.1) is 11.3 Å². The average Bonchev–Trinajstić information content (AvgIpc) is 2.83. The van der Waals surface area contributed by atoms with Crippen LogP contribution in [-0.2, 0) is 11.3 Å². The lowest BCUT2D eigenvalue weighted by atomic mass is 10.0. The topological polar surface area (TPSA) is 62.3 Å². The van der Waals surface area contributed by atoms with Crippen LogP contribution in [0.25, 0.3) is 0 Å². The summed E-state index contributed by atoms with van der Waals surface area (Å²) in [5.41, 5.74) is 0.880. The van der Waals surface area contributed by atoms with E-state index in [1.165, 1.54) is 6.92 Å². The van der Waals surface area contributed by atoms with Gasteiger partial charge in [-0.25, -0.2) is 9.78 Å². The molecule has 0 spiro atoms. The lowest BCUT2D eigenvalue weighted by molar-refractivity contribution is -0.119. The fourth-order valence-corrected chi connectivity index (χ4v) is 2.78. The summed E-state index contributed by atoms with van der Waals surface area (Å²) in [6.45, 7) is 9.97. The van der Waals surface area contributed by atoms with Crippen molar-refractivity contribution in [2.45, 2.75) is 53.1 Å². The zero-order chi connectivity index (χ0) is 16.2. The summed E-state index contributed by atoms with van der Waals surface area (Å²) in [4.78, 5) is 29.7. The van der Waals surface area contributed by atoms with Gasteiger partial charge in [-0.1, -0.05) is 27.7 Å². The molecule has 1 aromatic rings. The number of hydrogen-bond donors (Lipinski definition) is 1. The van der Waals surface area contributed by atoms with Crippen molar-refractivity contribution in [3.8, 4) is 0 Å². The number of ketones is 1. The highest BCUT2D eigenvalue weighted by Gasteiger charge is 2.22. The summed E-state index contributed by atoms with van der Waals surface area (Å²) in [6.07, 6.45) is 0. The van der Waals surface area contributed by atoms with Gasteiger partial charge < -0.3 is 10.2 Å². The monoisotopic (exact) mass is 311 g/mol. The van der Waals surface area contributed by atoms with E-state index in [0.717, 1.165) is 10.7 Å². The van der Waals surface area contributed by atoms with Gasteiger partial charge in [0.1, 0.15) is 0 Å². The van der Waals surface area contributed by atoms with E-state index in [2.05, 4.69) is 24.1 Å². The highest BCUT2D eigenvalue weighted by molar-refractivity contribution is 7.09. The molecule has 0 saturated carbocycles. The highest BCUT2D eigenvalue weighted by Crippen LogP contribution is 2.19. The van der Waals surface area contributed by atoms with Gasteiger partial charge in [-0.05, 0) is 12.8 Å². The molecule has 1 aromatic heterocycles. The SMILES string of the molecule is CC(=O)[C@@H](NC(=O)N(C)Cc1csc(C(C)C)n1)C(C)C. The van der Waals surface area contributed by atoms with E-state index in [1.54, 1.807) is 23.3 Å². The van der Waals surface area contributed by atoms with Crippen LogP contribution in [0.3, 0.4) is 0 Å². The second-order valence-electron chi connectivity index (χ2n) is 5.97. The standard InChI is InChI=1S/C15H25N3O2S/c1-9(2)13(11(5)19)17-15(20)18(6)7-12-8-21-14(16-12)10(3)4/h8-10,13H,7H2,1-6H3,(H,17,20)/t13-/m0/s1. The molecule has 1 N–H and O–H groups in total. The van der Waals surface area contributed by atoms with Crippen molar-refractivity contribution in [2.24, 2.45) is 5.92 Å². The van der Waals surface area contributed by atoms with Crippen molar-refractivity contribution in [1.29, 1.82) is 0 Å². The molecule has 1 rings (SSSR count). The largest absolute Gasteiger partial charge is 0.328 e. The van der Waals surface area contributed by atoms with Gasteiger partial charge in [0.2, 0.25) is 0 Å². The Morgan fingerprint density at radius 1 is 1.33 bits per heavy atom. The number of amides is 2. The van der Waals surface area contributed by atoms with Gasteiger partial charge >= 0.3 is 6.03 Å². The third kappa shape index (κ3) is 5.12. The summed E-state index contributed by atoms with van der Waals surface area (Å²) in [5, 5.41) is 5.83. The Hall–Kier alpha value is -1.43. The zero-order valence-corrected chi connectivity index (χ0v) is 14.5. The van der Waals surface area contributed by atoms with Crippen LogP contribution in [-0.4, -0.2) is 34.8 Å². The van der Waals surface area contributed by atoms with E-state index < -0.39 is 6.04 Å². The van der Waals surface area contributed by atoms with Crippen molar-refractivity contribution in [2.75, 3.05) is 7.05 Å². The number of hydrogen-bond acceptors (Lipinski definition) is 4. The Balaban J connectivity index is 2.63. The molecular formula is C15H25N3O2S. The maximum Gasteiger partial charge on any atom is 0.318 e. The van der Waals surface area contributed by atoms with E-state index in [4.69, 9.17) is 0 Å². The van der Waals surface area contributed by atoms with Crippen LogP contribution in [0.4, 0.5) is 4.79 Å². The highest BCUT2D eigenvalue weighted by atomic mass is 32.1. The minimum Gasteiger partial charge on any atom is -0.328 e. The van der Waals surface area contributed by atoms with Crippen LogP contribution in [0.5, 0.6) is 0 Å². The third-order valence-electron chi connectivity index (χ3n) is 3.19. The number of Topliss-reactive ketones (excluding diaryl/α,β-unsaturated/α-hetero) is 1. The molecule has 2 amide bonds. The molecule has 118 valence electrons. The van der Waals surface area contributed by atoms with E-state index in [0.29, 0.717) is 12.5 Å². The normalized spacial score (nSPS) is 12.6. The smallest absolute Gasteiger partial charge is 0.318 e. The van der Waals surface area contributed by atoms with Crippen molar-refractivity contribution < 1.29 is 9.59 Å². The predicted octanol–water partition coefficient (Wildman–Crippen LogP) is 3.02. The Labute approximate surface area is 130 Å². The second-order valence-corrected chi connectivity index (χ2v) is 6.86. The quantitative estimate of drug-likeness (QED) is 0.878. The molecule has 0 aromatic carbocycles. The van der Waals surface area contributed by atoms with E-state index in [1.807, 2.05) is 19.2 Å². The maximum absolute atomic E-state index is 12.1. The van der Waals surface area contributed by atoms with Crippen molar-refractivity contribution in [3.63, 3.8) is 0 Å². The van der Waals surface area contributed by atoms with Crippen LogP contribution in [0.15, 0.2) is 5.38 Å². The first-order chi connectivity index (χ1) is 9.72. The number of carbonyl (C=O) groups is 2. The molecule has 0 saturated heterocycles. The van der Waals surface area contributed by atoms with E-state index in [9.17, 15) is 9.59 Å². The molecule has 0 bridgehead atoms. The molecule has 0 aliphatic carbocycles. The van der Waals surface area contributed by atoms with Crippen molar-refractivity contribution in [3.05, 3.63) is 16.1 Å². The number of urea groups is 1. The third-order valence-corrected chi connectivity index (χ3v) is 4.39. The van der Waals surface area contributed by atoms with Gasteiger partial charge in [0.25, 0.3) is 0 Å². The number of nitrogens with one attached hydrogen (secondary N) is 1. The lowest BCUT2D eigenvalue weighted by Crippen LogP contribution is -2.48. The molecule has 0 aliphatic rings. The average molecular weight is 311 g/mol. The van der Waals surface area contributed by atoms with Crippen LogP contribution in [0.1, 0.15) is 51.2 Å². The van der Waals surface area contributed by atoms with Gasteiger partial charge in [-0.2, -0.15) is 0 Å². The molecule has 1 atom stereocenters. The van der Waals surface area contributed by atoms with E-state index in [-0.39, 0.29) is 17.7 Å².